The van der Waals surface area contributed by atoms with E-state index in [1.54, 1.807) is 0 Å². The molecule has 0 amide bonds. The second-order valence-electron chi connectivity index (χ2n) is 4.49. The molecule has 1 aromatic carbocycles. The summed E-state index contributed by atoms with van der Waals surface area (Å²) in [6.07, 6.45) is 0. The molecule has 0 saturated carbocycles. The Bertz CT molecular complexity index is 365. The van der Waals surface area contributed by atoms with Crippen molar-refractivity contribution in [3.8, 4) is 5.75 Å². The van der Waals surface area contributed by atoms with Crippen molar-refractivity contribution in [3.05, 3.63) is 29.8 Å². The highest BCUT2D eigenvalue weighted by molar-refractivity contribution is 5.35. The molecule has 1 saturated heterocycles. The van der Waals surface area contributed by atoms with Crippen molar-refractivity contribution in [1.82, 2.24) is 4.90 Å². The number of hydrogen-bond acceptors (Lipinski definition) is 4. The van der Waals surface area contributed by atoms with Crippen LogP contribution < -0.4 is 10.5 Å². The quantitative estimate of drug-likeness (QED) is 0.858. The molecular formula is C14H22N2O2. The van der Waals surface area contributed by atoms with E-state index >= 15 is 0 Å². The van der Waals surface area contributed by atoms with Crippen LogP contribution in [0.5, 0.6) is 5.75 Å². The van der Waals surface area contributed by atoms with Gasteiger partial charge in [-0.25, -0.2) is 0 Å². The van der Waals surface area contributed by atoms with Gasteiger partial charge in [-0.2, -0.15) is 0 Å². The number of ether oxygens (including phenoxy) is 2. The van der Waals surface area contributed by atoms with E-state index in [4.69, 9.17) is 15.2 Å². The van der Waals surface area contributed by atoms with Crippen molar-refractivity contribution in [3.63, 3.8) is 0 Å². The molecule has 2 N–H and O–H groups in total. The van der Waals surface area contributed by atoms with E-state index in [1.165, 1.54) is 0 Å². The highest BCUT2D eigenvalue weighted by Crippen LogP contribution is 2.24. The topological polar surface area (TPSA) is 47.7 Å². The summed E-state index contributed by atoms with van der Waals surface area (Å²) in [4.78, 5) is 2.34. The molecule has 1 aliphatic heterocycles. The van der Waals surface area contributed by atoms with Gasteiger partial charge in [0.2, 0.25) is 0 Å². The molecule has 2 rings (SSSR count). The van der Waals surface area contributed by atoms with Crippen LogP contribution in [0.1, 0.15) is 18.5 Å². The highest BCUT2D eigenvalue weighted by Gasteiger charge is 2.17. The van der Waals surface area contributed by atoms with Gasteiger partial charge in [0.15, 0.2) is 0 Å². The van der Waals surface area contributed by atoms with E-state index in [1.807, 2.05) is 25.1 Å². The molecular weight excluding hydrogens is 228 g/mol. The maximum atomic E-state index is 6.29. The van der Waals surface area contributed by atoms with Crippen LogP contribution in [-0.4, -0.2) is 44.4 Å². The molecule has 1 unspecified atom stereocenters. The zero-order chi connectivity index (χ0) is 12.8. The number of nitrogens with zero attached hydrogens (tertiary/aromatic N) is 1. The molecule has 1 aromatic rings. The Morgan fingerprint density at radius 1 is 1.33 bits per heavy atom. The standard InChI is InChI=1S/C14H22N2O2/c1-2-18-14-6-4-3-5-12(14)13(15)11-16-7-9-17-10-8-16/h3-6,13H,2,7-11,15H2,1H3. The minimum atomic E-state index is -0.00847. The van der Waals surface area contributed by atoms with E-state index < -0.39 is 0 Å². The van der Waals surface area contributed by atoms with Crippen LogP contribution in [-0.2, 0) is 4.74 Å². The lowest BCUT2D eigenvalue weighted by molar-refractivity contribution is 0.0351. The van der Waals surface area contributed by atoms with Crippen LogP contribution in [0.4, 0.5) is 0 Å². The third-order valence-corrected chi connectivity index (χ3v) is 3.18. The first-order chi connectivity index (χ1) is 8.81. The average molecular weight is 250 g/mol. The van der Waals surface area contributed by atoms with Crippen LogP contribution in [0.25, 0.3) is 0 Å². The lowest BCUT2D eigenvalue weighted by Gasteiger charge is -2.29. The summed E-state index contributed by atoms with van der Waals surface area (Å²) in [5, 5.41) is 0. The monoisotopic (exact) mass is 250 g/mol. The van der Waals surface area contributed by atoms with Gasteiger partial charge in [0.05, 0.1) is 19.8 Å². The van der Waals surface area contributed by atoms with Crippen LogP contribution in [0.15, 0.2) is 24.3 Å². The Hall–Kier alpha value is -1.10. The van der Waals surface area contributed by atoms with Crippen LogP contribution >= 0.6 is 0 Å². The molecule has 1 heterocycles. The van der Waals surface area contributed by atoms with Gasteiger partial charge < -0.3 is 15.2 Å². The molecule has 18 heavy (non-hydrogen) atoms. The van der Waals surface area contributed by atoms with Gasteiger partial charge in [0.1, 0.15) is 5.75 Å². The van der Waals surface area contributed by atoms with Gasteiger partial charge in [-0.05, 0) is 13.0 Å². The van der Waals surface area contributed by atoms with Crippen molar-refractivity contribution in [2.75, 3.05) is 39.5 Å². The van der Waals surface area contributed by atoms with Gasteiger partial charge >= 0.3 is 0 Å². The van der Waals surface area contributed by atoms with Crippen molar-refractivity contribution >= 4 is 0 Å². The van der Waals surface area contributed by atoms with E-state index in [9.17, 15) is 0 Å². The molecule has 1 aliphatic rings. The molecule has 0 aliphatic carbocycles. The van der Waals surface area contributed by atoms with E-state index in [-0.39, 0.29) is 6.04 Å². The predicted molar refractivity (Wildman–Crippen MR) is 71.8 cm³/mol. The number of benzene rings is 1. The third kappa shape index (κ3) is 3.45. The Morgan fingerprint density at radius 3 is 2.78 bits per heavy atom. The van der Waals surface area contributed by atoms with Crippen molar-refractivity contribution < 1.29 is 9.47 Å². The molecule has 4 heteroatoms. The van der Waals surface area contributed by atoms with Gasteiger partial charge in [-0.15, -0.1) is 0 Å². The molecule has 1 fully saturated rings. The number of hydrogen-bond donors (Lipinski definition) is 1. The Labute approximate surface area is 109 Å². The molecule has 1 atom stereocenters. The number of para-hydroxylation sites is 1. The molecule has 0 radical (unpaired) electrons. The number of rotatable bonds is 5. The van der Waals surface area contributed by atoms with Crippen LogP contribution in [0.2, 0.25) is 0 Å². The highest BCUT2D eigenvalue weighted by atomic mass is 16.5. The summed E-state index contributed by atoms with van der Waals surface area (Å²) >= 11 is 0. The Morgan fingerprint density at radius 2 is 2.06 bits per heavy atom. The maximum absolute atomic E-state index is 6.29. The predicted octanol–water partition coefficient (Wildman–Crippen LogP) is 1.42. The van der Waals surface area contributed by atoms with Crippen LogP contribution in [0, 0.1) is 0 Å². The summed E-state index contributed by atoms with van der Waals surface area (Å²) in [6.45, 7) is 7.05. The normalized spacial score (nSPS) is 18.6. The lowest BCUT2D eigenvalue weighted by atomic mass is 10.1. The first kappa shape index (κ1) is 13.3. The summed E-state index contributed by atoms with van der Waals surface area (Å²) < 4.78 is 11.0. The van der Waals surface area contributed by atoms with Crippen LogP contribution in [0.3, 0.4) is 0 Å². The van der Waals surface area contributed by atoms with Crippen molar-refractivity contribution in [2.24, 2.45) is 5.73 Å². The van der Waals surface area contributed by atoms with Gasteiger partial charge in [-0.3, -0.25) is 4.90 Å². The third-order valence-electron chi connectivity index (χ3n) is 3.18. The summed E-state index contributed by atoms with van der Waals surface area (Å²) in [5.74, 6) is 0.903. The van der Waals surface area contributed by atoms with Crippen molar-refractivity contribution in [2.45, 2.75) is 13.0 Å². The lowest BCUT2D eigenvalue weighted by Crippen LogP contribution is -2.40. The molecule has 0 aromatic heterocycles. The fourth-order valence-electron chi connectivity index (χ4n) is 2.23. The smallest absolute Gasteiger partial charge is 0.124 e. The molecule has 4 nitrogen and oxygen atoms in total. The minimum Gasteiger partial charge on any atom is -0.494 e. The number of morpholine rings is 1. The summed E-state index contributed by atoms with van der Waals surface area (Å²) in [6, 6.07) is 8.02. The van der Waals surface area contributed by atoms with Gasteiger partial charge in [0, 0.05) is 31.2 Å². The van der Waals surface area contributed by atoms with Gasteiger partial charge in [-0.1, -0.05) is 18.2 Å². The number of nitrogens with two attached hydrogens (primary N) is 1. The Kier molecular flexibility index (Phi) is 4.99. The molecule has 0 spiro atoms. The zero-order valence-electron chi connectivity index (χ0n) is 11.0. The Balaban J connectivity index is 2.00. The summed E-state index contributed by atoms with van der Waals surface area (Å²) in [5.41, 5.74) is 7.38. The second-order valence-corrected chi connectivity index (χ2v) is 4.49. The maximum Gasteiger partial charge on any atom is 0.124 e. The fourth-order valence-corrected chi connectivity index (χ4v) is 2.23. The van der Waals surface area contributed by atoms with E-state index in [2.05, 4.69) is 11.0 Å². The second kappa shape index (κ2) is 6.73. The molecule has 100 valence electrons. The first-order valence-corrected chi connectivity index (χ1v) is 6.58. The average Bonchev–Trinajstić information content (AvgIpc) is 2.41. The summed E-state index contributed by atoms with van der Waals surface area (Å²) in [7, 11) is 0. The first-order valence-electron chi connectivity index (χ1n) is 6.58. The fraction of sp³-hybridized carbons (Fsp3) is 0.571. The van der Waals surface area contributed by atoms with E-state index in [0.29, 0.717) is 6.61 Å². The zero-order valence-corrected chi connectivity index (χ0v) is 11.0. The molecule has 0 bridgehead atoms. The van der Waals surface area contributed by atoms with E-state index in [0.717, 1.165) is 44.2 Å². The SMILES string of the molecule is CCOc1ccccc1C(N)CN1CCOCC1. The van der Waals surface area contributed by atoms with Gasteiger partial charge in [0.25, 0.3) is 0 Å². The largest absolute Gasteiger partial charge is 0.494 e. The minimum absolute atomic E-state index is 0.00847. The van der Waals surface area contributed by atoms with Crippen molar-refractivity contribution in [1.29, 1.82) is 0 Å².